The van der Waals surface area contributed by atoms with E-state index in [1.165, 1.54) is 24.3 Å². The summed E-state index contributed by atoms with van der Waals surface area (Å²) in [6.07, 6.45) is 0. The molecule has 0 atom stereocenters. The van der Waals surface area contributed by atoms with Crippen molar-refractivity contribution in [1.29, 1.82) is 0 Å². The highest BCUT2D eigenvalue weighted by Gasteiger charge is 2.27. The summed E-state index contributed by atoms with van der Waals surface area (Å²) in [7, 11) is 0. The van der Waals surface area contributed by atoms with Crippen LogP contribution in [0.3, 0.4) is 0 Å². The normalized spacial score (nSPS) is 11.5. The number of benzene rings is 5. The van der Waals surface area contributed by atoms with Crippen LogP contribution in [0, 0.1) is 0 Å². The molecule has 0 aliphatic heterocycles. The number of fused-ring (bicyclic) bond motifs is 2. The maximum atomic E-state index is 12.0. The summed E-state index contributed by atoms with van der Waals surface area (Å²) in [5.74, 6) is -5.47. The molecule has 0 heterocycles. The first-order chi connectivity index (χ1) is 16.0. The number of hydrogen-bond donors (Lipinski definition) is 6. The second-order valence-electron chi connectivity index (χ2n) is 7.82. The zero-order chi connectivity index (χ0) is 24.6. The van der Waals surface area contributed by atoms with Gasteiger partial charge in [0.2, 0.25) is 0 Å². The molecule has 0 aliphatic rings. The molecule has 0 saturated carbocycles. The van der Waals surface area contributed by atoms with Crippen molar-refractivity contribution in [3.05, 3.63) is 58.7 Å². The summed E-state index contributed by atoms with van der Waals surface area (Å²) < 4.78 is 0. The largest absolute Gasteiger partial charge is 0.478 e. The maximum absolute atomic E-state index is 12.0. The quantitative estimate of drug-likeness (QED) is 0.131. The lowest BCUT2D eigenvalue weighted by Gasteiger charge is -2.21. The lowest BCUT2D eigenvalue weighted by molar-refractivity contribution is 0.0681. The van der Waals surface area contributed by atoms with Crippen LogP contribution >= 0.6 is 0 Å². The molecule has 0 saturated heterocycles. The lowest BCUT2D eigenvalue weighted by Crippen LogP contribution is -2.09. The van der Waals surface area contributed by atoms with Crippen LogP contribution in [0.5, 0.6) is 0 Å². The number of anilines is 2. The third-order valence-corrected chi connectivity index (χ3v) is 6.09. The Morgan fingerprint density at radius 1 is 0.471 bits per heavy atom. The van der Waals surface area contributed by atoms with Crippen LogP contribution < -0.4 is 11.5 Å². The number of carboxylic acid groups (broad SMARTS) is 4. The molecule has 168 valence electrons. The maximum Gasteiger partial charge on any atom is 0.336 e. The number of aromatic carboxylic acids is 4. The van der Waals surface area contributed by atoms with Crippen molar-refractivity contribution < 1.29 is 39.6 Å². The molecule has 0 bridgehead atoms. The minimum Gasteiger partial charge on any atom is -0.478 e. The number of hydrogen-bond acceptors (Lipinski definition) is 6. The van der Waals surface area contributed by atoms with E-state index in [-0.39, 0.29) is 65.9 Å². The fourth-order valence-corrected chi connectivity index (χ4v) is 4.86. The van der Waals surface area contributed by atoms with Gasteiger partial charge in [-0.1, -0.05) is 12.1 Å². The second-order valence-corrected chi connectivity index (χ2v) is 7.82. The number of nitrogens with two attached hydrogens (primary N) is 2. The van der Waals surface area contributed by atoms with Crippen LogP contribution in [0.25, 0.3) is 43.1 Å². The predicted molar refractivity (Wildman–Crippen MR) is 124 cm³/mol. The van der Waals surface area contributed by atoms with E-state index >= 15 is 0 Å². The van der Waals surface area contributed by atoms with Crippen LogP contribution in [-0.2, 0) is 0 Å². The Labute approximate surface area is 188 Å². The van der Waals surface area contributed by atoms with Crippen molar-refractivity contribution in [2.45, 2.75) is 0 Å². The summed E-state index contributed by atoms with van der Waals surface area (Å²) >= 11 is 0. The van der Waals surface area contributed by atoms with Crippen LogP contribution in [0.1, 0.15) is 41.4 Å². The van der Waals surface area contributed by atoms with Crippen LogP contribution in [0.15, 0.2) is 36.4 Å². The zero-order valence-corrected chi connectivity index (χ0v) is 17.0. The zero-order valence-electron chi connectivity index (χ0n) is 17.0. The topological polar surface area (TPSA) is 201 Å². The number of carbonyl (C=O) groups is 4. The Bertz CT molecular complexity index is 1660. The van der Waals surface area contributed by atoms with E-state index in [1.807, 2.05) is 0 Å². The van der Waals surface area contributed by atoms with Crippen molar-refractivity contribution in [3.8, 4) is 0 Å². The Morgan fingerprint density at radius 2 is 0.794 bits per heavy atom. The van der Waals surface area contributed by atoms with E-state index < -0.39 is 23.9 Å². The SMILES string of the molecule is Nc1cc(C(=O)O)c2c(C(=O)O)ccc3c4c(N)cc(C(=O)O)c5c(C(=O)O)ccc(c1c23)c54. The minimum absolute atomic E-state index is 0.00279. The van der Waals surface area contributed by atoms with E-state index in [4.69, 9.17) is 11.5 Å². The average Bonchev–Trinajstić information content (AvgIpc) is 2.77. The predicted octanol–water partition coefficient (Wildman–Crippen LogP) is 3.69. The molecule has 0 spiro atoms. The standard InChI is InChI=1S/C24H14N2O8/c25-13-5-12(24(33)34)16-10(22(29)30)4-2-8-18-14(26)6-11(23(31)32)15-9(21(27)28)3-1-7(19(15)18)17(13)20(8)16/h1-6H,25-26H2,(H,27,28)(H,29,30)(H,31,32)(H,33,34). The van der Waals surface area contributed by atoms with Gasteiger partial charge in [-0.2, -0.15) is 0 Å². The van der Waals surface area contributed by atoms with Crippen LogP contribution in [0.2, 0.25) is 0 Å². The number of carboxylic acids is 4. The summed E-state index contributed by atoms with van der Waals surface area (Å²) in [6, 6.07) is 7.61. The third kappa shape index (κ3) is 2.50. The van der Waals surface area contributed by atoms with Crippen LogP contribution in [-0.4, -0.2) is 44.3 Å². The van der Waals surface area contributed by atoms with Gasteiger partial charge in [0.05, 0.1) is 22.3 Å². The summed E-state index contributed by atoms with van der Waals surface area (Å²) in [5, 5.41) is 40.6. The highest BCUT2D eigenvalue weighted by atomic mass is 16.4. The second kappa shape index (κ2) is 6.69. The Balaban J connectivity index is 2.25. The van der Waals surface area contributed by atoms with Crippen molar-refractivity contribution in [2.24, 2.45) is 0 Å². The Kier molecular flexibility index (Phi) is 4.08. The van der Waals surface area contributed by atoms with Crippen molar-refractivity contribution in [3.63, 3.8) is 0 Å². The first-order valence-electron chi connectivity index (χ1n) is 9.76. The van der Waals surface area contributed by atoms with Gasteiger partial charge in [0.15, 0.2) is 0 Å². The molecule has 0 aliphatic carbocycles. The molecule has 34 heavy (non-hydrogen) atoms. The van der Waals surface area contributed by atoms with E-state index in [0.717, 1.165) is 12.1 Å². The molecule has 0 unspecified atom stereocenters. The third-order valence-electron chi connectivity index (χ3n) is 6.09. The molecule has 10 heteroatoms. The van der Waals surface area contributed by atoms with Gasteiger partial charge in [-0.3, -0.25) is 0 Å². The molecular formula is C24H14N2O8. The summed E-state index contributed by atoms with van der Waals surface area (Å²) in [5.41, 5.74) is 11.3. The van der Waals surface area contributed by atoms with Crippen LogP contribution in [0.4, 0.5) is 11.4 Å². The molecule has 5 aromatic carbocycles. The molecule has 0 amide bonds. The Morgan fingerprint density at radius 3 is 1.09 bits per heavy atom. The highest BCUT2D eigenvalue weighted by Crippen LogP contribution is 2.47. The van der Waals surface area contributed by atoms with E-state index in [9.17, 15) is 39.6 Å². The van der Waals surface area contributed by atoms with Gasteiger partial charge < -0.3 is 31.9 Å². The highest BCUT2D eigenvalue weighted by molar-refractivity contribution is 6.41. The van der Waals surface area contributed by atoms with Gasteiger partial charge in [-0.05, 0) is 35.0 Å². The molecule has 5 rings (SSSR count). The van der Waals surface area contributed by atoms with Crippen molar-refractivity contribution >= 4 is 78.3 Å². The smallest absolute Gasteiger partial charge is 0.336 e. The average molecular weight is 458 g/mol. The lowest BCUT2D eigenvalue weighted by atomic mass is 9.83. The molecule has 5 aromatic rings. The van der Waals surface area contributed by atoms with Gasteiger partial charge in [-0.15, -0.1) is 0 Å². The first-order valence-corrected chi connectivity index (χ1v) is 9.76. The number of nitrogen functional groups attached to an aromatic ring is 2. The molecule has 8 N–H and O–H groups in total. The van der Waals surface area contributed by atoms with E-state index in [1.54, 1.807) is 0 Å². The molecule has 0 aromatic heterocycles. The van der Waals surface area contributed by atoms with E-state index in [0.29, 0.717) is 10.8 Å². The monoisotopic (exact) mass is 458 g/mol. The molecular weight excluding hydrogens is 444 g/mol. The van der Waals surface area contributed by atoms with Gasteiger partial charge in [-0.25, -0.2) is 19.2 Å². The fraction of sp³-hybridized carbons (Fsp3) is 0. The van der Waals surface area contributed by atoms with Gasteiger partial charge in [0, 0.05) is 43.7 Å². The Hall–Kier alpha value is -5.12. The summed E-state index contributed by atoms with van der Waals surface area (Å²) in [6.45, 7) is 0. The van der Waals surface area contributed by atoms with E-state index in [2.05, 4.69) is 0 Å². The first kappa shape index (κ1) is 20.8. The van der Waals surface area contributed by atoms with Crippen molar-refractivity contribution in [2.75, 3.05) is 11.5 Å². The van der Waals surface area contributed by atoms with Gasteiger partial charge >= 0.3 is 23.9 Å². The number of rotatable bonds is 4. The molecule has 0 fully saturated rings. The fourth-order valence-electron chi connectivity index (χ4n) is 4.86. The molecule has 10 nitrogen and oxygen atoms in total. The van der Waals surface area contributed by atoms with Gasteiger partial charge in [0.25, 0.3) is 0 Å². The molecule has 0 radical (unpaired) electrons. The summed E-state index contributed by atoms with van der Waals surface area (Å²) in [4.78, 5) is 48.0. The van der Waals surface area contributed by atoms with Crippen molar-refractivity contribution in [1.82, 2.24) is 0 Å². The van der Waals surface area contributed by atoms with Gasteiger partial charge in [0.1, 0.15) is 0 Å². The minimum atomic E-state index is -1.38.